The molecule has 17 heavy (non-hydrogen) atoms. The van der Waals surface area contributed by atoms with Crippen LogP contribution in [0, 0.1) is 12.7 Å². The summed E-state index contributed by atoms with van der Waals surface area (Å²) in [5, 5.41) is 3.34. The molecule has 3 heteroatoms. The van der Waals surface area contributed by atoms with E-state index in [2.05, 4.69) is 19.2 Å². The van der Waals surface area contributed by atoms with Crippen molar-refractivity contribution in [3.63, 3.8) is 0 Å². The van der Waals surface area contributed by atoms with Gasteiger partial charge in [-0.15, -0.1) is 0 Å². The van der Waals surface area contributed by atoms with Crippen LogP contribution < -0.4 is 10.1 Å². The van der Waals surface area contributed by atoms with Gasteiger partial charge in [-0.25, -0.2) is 4.39 Å². The average molecular weight is 239 g/mol. The van der Waals surface area contributed by atoms with Gasteiger partial charge in [-0.2, -0.15) is 0 Å². The molecule has 96 valence electrons. The van der Waals surface area contributed by atoms with Crippen LogP contribution in [-0.4, -0.2) is 18.7 Å². The van der Waals surface area contributed by atoms with E-state index >= 15 is 0 Å². The average Bonchev–Trinajstić information content (AvgIpc) is 2.30. The lowest BCUT2D eigenvalue weighted by molar-refractivity contribution is 0.161. The largest absolute Gasteiger partial charge is 0.486 e. The summed E-state index contributed by atoms with van der Waals surface area (Å²) in [5.41, 5.74) is 1.00. The van der Waals surface area contributed by atoms with Crippen molar-refractivity contribution in [1.29, 1.82) is 0 Å². The van der Waals surface area contributed by atoms with E-state index in [0.29, 0.717) is 5.75 Å². The van der Waals surface area contributed by atoms with Gasteiger partial charge in [-0.05, 0) is 44.5 Å². The standard InChI is InChI=1S/C14H22FNO/c1-5-13(16-6-2)11(4)17-14-9-10(3)7-8-12(14)15/h7-9,11,13,16H,5-6H2,1-4H3. The van der Waals surface area contributed by atoms with Crippen molar-refractivity contribution in [3.8, 4) is 5.75 Å². The zero-order valence-corrected chi connectivity index (χ0v) is 11.1. The predicted octanol–water partition coefficient (Wildman–Crippen LogP) is 3.29. The second kappa shape index (κ2) is 6.60. The van der Waals surface area contributed by atoms with Gasteiger partial charge in [0.2, 0.25) is 0 Å². The molecule has 0 heterocycles. The molecule has 0 bridgehead atoms. The van der Waals surface area contributed by atoms with E-state index < -0.39 is 0 Å². The maximum absolute atomic E-state index is 13.5. The van der Waals surface area contributed by atoms with Gasteiger partial charge in [-0.3, -0.25) is 0 Å². The van der Waals surface area contributed by atoms with Crippen molar-refractivity contribution in [2.24, 2.45) is 0 Å². The van der Waals surface area contributed by atoms with E-state index in [4.69, 9.17) is 4.74 Å². The van der Waals surface area contributed by atoms with Crippen LogP contribution in [0.15, 0.2) is 18.2 Å². The first-order valence-corrected chi connectivity index (χ1v) is 6.24. The maximum Gasteiger partial charge on any atom is 0.165 e. The fourth-order valence-electron chi connectivity index (χ4n) is 1.89. The molecular weight excluding hydrogens is 217 g/mol. The van der Waals surface area contributed by atoms with Crippen molar-refractivity contribution in [2.45, 2.75) is 46.3 Å². The second-order valence-corrected chi connectivity index (χ2v) is 4.33. The van der Waals surface area contributed by atoms with E-state index in [-0.39, 0.29) is 18.0 Å². The van der Waals surface area contributed by atoms with Crippen molar-refractivity contribution >= 4 is 0 Å². The van der Waals surface area contributed by atoms with Crippen LogP contribution in [0.3, 0.4) is 0 Å². The van der Waals surface area contributed by atoms with Crippen LogP contribution in [0.2, 0.25) is 0 Å². The van der Waals surface area contributed by atoms with E-state index in [1.807, 2.05) is 13.8 Å². The first kappa shape index (κ1) is 14.0. The van der Waals surface area contributed by atoms with Crippen molar-refractivity contribution < 1.29 is 9.13 Å². The highest BCUT2D eigenvalue weighted by molar-refractivity contribution is 5.29. The third kappa shape index (κ3) is 4.00. The Labute approximate surface area is 103 Å². The third-order valence-electron chi connectivity index (χ3n) is 2.87. The molecule has 0 fully saturated rings. The Hall–Kier alpha value is -1.09. The summed E-state index contributed by atoms with van der Waals surface area (Å²) >= 11 is 0. The molecule has 0 saturated carbocycles. The van der Waals surface area contributed by atoms with Crippen molar-refractivity contribution in [1.82, 2.24) is 5.32 Å². The van der Waals surface area contributed by atoms with Gasteiger partial charge < -0.3 is 10.1 Å². The van der Waals surface area contributed by atoms with Gasteiger partial charge in [0, 0.05) is 6.04 Å². The Balaban J connectivity index is 2.72. The van der Waals surface area contributed by atoms with Crippen molar-refractivity contribution in [3.05, 3.63) is 29.6 Å². The normalized spacial score (nSPS) is 14.4. The molecule has 0 amide bonds. The van der Waals surface area contributed by atoms with Crippen LogP contribution in [0.4, 0.5) is 4.39 Å². The van der Waals surface area contributed by atoms with Crippen LogP contribution in [0.25, 0.3) is 0 Å². The van der Waals surface area contributed by atoms with Gasteiger partial charge in [0.15, 0.2) is 11.6 Å². The summed E-state index contributed by atoms with van der Waals surface area (Å²) in [6.45, 7) is 8.95. The fourth-order valence-corrected chi connectivity index (χ4v) is 1.89. The van der Waals surface area contributed by atoms with E-state index in [1.165, 1.54) is 6.07 Å². The Morgan fingerprint density at radius 1 is 1.35 bits per heavy atom. The molecule has 0 aliphatic heterocycles. The molecule has 2 unspecified atom stereocenters. The molecule has 1 rings (SSSR count). The third-order valence-corrected chi connectivity index (χ3v) is 2.87. The highest BCUT2D eigenvalue weighted by atomic mass is 19.1. The number of rotatable bonds is 6. The highest BCUT2D eigenvalue weighted by Gasteiger charge is 2.17. The summed E-state index contributed by atoms with van der Waals surface area (Å²) in [5.74, 6) is 0.0441. The van der Waals surface area contributed by atoms with Crippen LogP contribution >= 0.6 is 0 Å². The van der Waals surface area contributed by atoms with E-state index in [1.54, 1.807) is 12.1 Å². The molecule has 0 aliphatic rings. The van der Waals surface area contributed by atoms with Gasteiger partial charge in [-0.1, -0.05) is 19.9 Å². The quantitative estimate of drug-likeness (QED) is 0.822. The molecule has 1 N–H and O–H groups in total. The topological polar surface area (TPSA) is 21.3 Å². The molecular formula is C14H22FNO. The van der Waals surface area contributed by atoms with Gasteiger partial charge in [0.05, 0.1) is 0 Å². The zero-order chi connectivity index (χ0) is 12.8. The molecule has 1 aromatic carbocycles. The first-order chi connectivity index (χ1) is 8.08. The Bertz CT molecular complexity index is 354. The molecule has 0 saturated heterocycles. The molecule has 0 aliphatic carbocycles. The maximum atomic E-state index is 13.5. The summed E-state index contributed by atoms with van der Waals surface area (Å²) in [4.78, 5) is 0. The lowest BCUT2D eigenvalue weighted by Gasteiger charge is -2.24. The Kier molecular flexibility index (Phi) is 5.42. The Morgan fingerprint density at radius 2 is 2.06 bits per heavy atom. The van der Waals surface area contributed by atoms with Crippen molar-refractivity contribution in [2.75, 3.05) is 6.54 Å². The summed E-state index contributed by atoms with van der Waals surface area (Å²) < 4.78 is 19.2. The SMILES string of the molecule is CCNC(CC)C(C)Oc1cc(C)ccc1F. The summed E-state index contributed by atoms with van der Waals surface area (Å²) in [6.07, 6.45) is 0.916. The summed E-state index contributed by atoms with van der Waals surface area (Å²) in [6, 6.07) is 5.18. The molecule has 0 spiro atoms. The number of nitrogens with one attached hydrogen (secondary N) is 1. The minimum absolute atomic E-state index is 0.0451. The molecule has 0 aromatic heterocycles. The fraction of sp³-hybridized carbons (Fsp3) is 0.571. The van der Waals surface area contributed by atoms with Gasteiger partial charge in [0.25, 0.3) is 0 Å². The number of aryl methyl sites for hydroxylation is 1. The number of halogens is 1. The number of hydrogen-bond donors (Lipinski definition) is 1. The second-order valence-electron chi connectivity index (χ2n) is 4.33. The minimum Gasteiger partial charge on any atom is -0.486 e. The Morgan fingerprint density at radius 3 is 2.65 bits per heavy atom. The van der Waals surface area contributed by atoms with Crippen LogP contribution in [0.5, 0.6) is 5.75 Å². The lowest BCUT2D eigenvalue weighted by Crippen LogP contribution is -2.40. The molecule has 2 nitrogen and oxygen atoms in total. The first-order valence-electron chi connectivity index (χ1n) is 6.24. The predicted molar refractivity (Wildman–Crippen MR) is 69.0 cm³/mol. The highest BCUT2D eigenvalue weighted by Crippen LogP contribution is 2.20. The lowest BCUT2D eigenvalue weighted by atomic mass is 10.1. The number of benzene rings is 1. The monoisotopic (exact) mass is 239 g/mol. The summed E-state index contributed by atoms with van der Waals surface area (Å²) in [7, 11) is 0. The number of hydrogen-bond acceptors (Lipinski definition) is 2. The van der Waals surface area contributed by atoms with E-state index in [9.17, 15) is 4.39 Å². The number of ether oxygens (including phenoxy) is 1. The van der Waals surface area contributed by atoms with E-state index in [0.717, 1.165) is 18.5 Å². The van der Waals surface area contributed by atoms with Gasteiger partial charge in [0.1, 0.15) is 6.10 Å². The van der Waals surface area contributed by atoms with Crippen LogP contribution in [0.1, 0.15) is 32.8 Å². The van der Waals surface area contributed by atoms with Gasteiger partial charge >= 0.3 is 0 Å². The number of likely N-dealkylation sites (N-methyl/N-ethyl adjacent to an activating group) is 1. The molecule has 0 radical (unpaired) electrons. The smallest absolute Gasteiger partial charge is 0.165 e. The molecule has 2 atom stereocenters. The minimum atomic E-state index is -0.297. The van der Waals surface area contributed by atoms with Crippen LogP contribution in [-0.2, 0) is 0 Å². The zero-order valence-electron chi connectivity index (χ0n) is 11.1. The molecule has 1 aromatic rings.